The molecule has 7 heteroatoms. The molecule has 1 atom stereocenters. The monoisotopic (exact) mass is 467 g/mol. The highest BCUT2D eigenvalue weighted by Crippen LogP contribution is 2.25. The fraction of sp³-hybridized carbons (Fsp3) is 0.385. The average molecular weight is 468 g/mol. The first-order valence-electron chi connectivity index (χ1n) is 11.2. The second-order valence-corrected chi connectivity index (χ2v) is 11.5. The molecule has 33 heavy (non-hydrogen) atoms. The lowest BCUT2D eigenvalue weighted by Gasteiger charge is -2.28. The number of sulfone groups is 1. The maximum atomic E-state index is 13.6. The Bertz CT molecular complexity index is 1370. The molecule has 1 amide bonds. The van der Waals surface area contributed by atoms with Crippen LogP contribution in [0.3, 0.4) is 0 Å². The van der Waals surface area contributed by atoms with Crippen molar-refractivity contribution in [3.63, 3.8) is 0 Å². The number of carbonyl (C=O) groups is 1. The fourth-order valence-electron chi connectivity index (χ4n) is 4.45. The standard InChI is InChI=1S/C26H29NO5S/c1-16(2)20-7-5-19(6-8-20)14-27(21-9-10-33(30,31)15-21)26(29)24-13-23(28)22-12-17(3)11-18(4)25(22)32-24/h5-8,11-13,16,21H,9-10,14-15H2,1-4H3/t21-/m1/s1. The second kappa shape index (κ2) is 8.78. The van der Waals surface area contributed by atoms with Crippen LogP contribution in [0.4, 0.5) is 0 Å². The predicted octanol–water partition coefficient (Wildman–Crippen LogP) is 4.36. The van der Waals surface area contributed by atoms with Gasteiger partial charge in [-0.2, -0.15) is 0 Å². The molecule has 174 valence electrons. The van der Waals surface area contributed by atoms with Gasteiger partial charge in [0.15, 0.2) is 21.0 Å². The number of fused-ring (bicyclic) bond motifs is 1. The van der Waals surface area contributed by atoms with Crippen molar-refractivity contribution in [1.29, 1.82) is 0 Å². The first-order chi connectivity index (χ1) is 15.5. The molecular weight excluding hydrogens is 438 g/mol. The van der Waals surface area contributed by atoms with E-state index in [1.165, 1.54) is 11.6 Å². The Morgan fingerprint density at radius 1 is 1.12 bits per heavy atom. The summed E-state index contributed by atoms with van der Waals surface area (Å²) in [5.41, 5.74) is 3.90. The van der Waals surface area contributed by atoms with Gasteiger partial charge in [-0.05, 0) is 54.5 Å². The van der Waals surface area contributed by atoms with Gasteiger partial charge in [0.05, 0.1) is 16.9 Å². The highest BCUT2D eigenvalue weighted by molar-refractivity contribution is 7.91. The van der Waals surface area contributed by atoms with Crippen molar-refractivity contribution in [2.75, 3.05) is 11.5 Å². The molecule has 0 aliphatic carbocycles. The van der Waals surface area contributed by atoms with Crippen LogP contribution in [-0.4, -0.2) is 36.8 Å². The molecule has 1 fully saturated rings. The molecule has 0 saturated carbocycles. The van der Waals surface area contributed by atoms with Crippen LogP contribution in [-0.2, 0) is 16.4 Å². The maximum Gasteiger partial charge on any atom is 0.290 e. The van der Waals surface area contributed by atoms with Gasteiger partial charge in [-0.3, -0.25) is 9.59 Å². The van der Waals surface area contributed by atoms with E-state index in [9.17, 15) is 18.0 Å². The van der Waals surface area contributed by atoms with Crippen LogP contribution in [0.1, 0.15) is 59.0 Å². The van der Waals surface area contributed by atoms with E-state index in [1.54, 1.807) is 11.0 Å². The number of aryl methyl sites for hydroxylation is 2. The van der Waals surface area contributed by atoms with E-state index in [-0.39, 0.29) is 29.2 Å². The molecule has 3 aromatic rings. The van der Waals surface area contributed by atoms with E-state index < -0.39 is 21.8 Å². The van der Waals surface area contributed by atoms with Gasteiger partial charge in [0.25, 0.3) is 5.91 Å². The minimum Gasteiger partial charge on any atom is -0.450 e. The normalized spacial score (nSPS) is 17.5. The van der Waals surface area contributed by atoms with Crippen molar-refractivity contribution in [2.45, 2.75) is 52.6 Å². The molecular formula is C26H29NO5S. The first kappa shape index (κ1) is 23.2. The minimum absolute atomic E-state index is 0.0494. The van der Waals surface area contributed by atoms with Crippen LogP contribution in [0.2, 0.25) is 0 Å². The summed E-state index contributed by atoms with van der Waals surface area (Å²) in [5, 5.41) is 0.434. The first-order valence-corrected chi connectivity index (χ1v) is 13.0. The summed E-state index contributed by atoms with van der Waals surface area (Å²) in [6.45, 7) is 8.20. The van der Waals surface area contributed by atoms with Crippen molar-refractivity contribution >= 4 is 26.7 Å². The van der Waals surface area contributed by atoms with E-state index in [0.29, 0.717) is 23.3 Å². The van der Waals surface area contributed by atoms with E-state index in [2.05, 4.69) is 13.8 Å². The Morgan fingerprint density at radius 3 is 2.42 bits per heavy atom. The van der Waals surface area contributed by atoms with Crippen LogP contribution < -0.4 is 5.43 Å². The van der Waals surface area contributed by atoms with E-state index in [1.807, 2.05) is 44.2 Å². The molecule has 1 aliphatic rings. The third kappa shape index (κ3) is 4.88. The zero-order chi connectivity index (χ0) is 23.9. The minimum atomic E-state index is -3.21. The van der Waals surface area contributed by atoms with Gasteiger partial charge < -0.3 is 9.32 Å². The highest BCUT2D eigenvalue weighted by atomic mass is 32.2. The molecule has 1 aliphatic heterocycles. The van der Waals surface area contributed by atoms with Gasteiger partial charge in [-0.1, -0.05) is 44.2 Å². The molecule has 2 heterocycles. The van der Waals surface area contributed by atoms with Crippen LogP contribution in [0.25, 0.3) is 11.0 Å². The highest BCUT2D eigenvalue weighted by Gasteiger charge is 2.36. The topological polar surface area (TPSA) is 84.7 Å². The molecule has 2 aromatic carbocycles. The Labute approximate surface area is 194 Å². The summed E-state index contributed by atoms with van der Waals surface area (Å²) in [5.74, 6) is -0.186. The van der Waals surface area contributed by atoms with Gasteiger partial charge in [-0.25, -0.2) is 8.42 Å². The molecule has 0 spiro atoms. The Morgan fingerprint density at radius 2 is 1.82 bits per heavy atom. The third-order valence-electron chi connectivity index (χ3n) is 6.28. The van der Waals surface area contributed by atoms with Crippen molar-refractivity contribution in [3.8, 4) is 0 Å². The summed E-state index contributed by atoms with van der Waals surface area (Å²) in [4.78, 5) is 27.9. The van der Waals surface area contributed by atoms with Crippen LogP contribution in [0.5, 0.6) is 0 Å². The number of nitrogens with zero attached hydrogens (tertiary/aromatic N) is 1. The molecule has 0 radical (unpaired) electrons. The Hall–Kier alpha value is -2.93. The smallest absolute Gasteiger partial charge is 0.290 e. The number of hydrogen-bond donors (Lipinski definition) is 0. The van der Waals surface area contributed by atoms with Crippen molar-refractivity contribution in [1.82, 2.24) is 4.90 Å². The molecule has 0 unspecified atom stereocenters. The second-order valence-electron chi connectivity index (χ2n) is 9.32. The summed E-state index contributed by atoms with van der Waals surface area (Å²) in [7, 11) is -3.21. The lowest BCUT2D eigenvalue weighted by Crippen LogP contribution is -2.41. The van der Waals surface area contributed by atoms with E-state index in [0.717, 1.165) is 16.7 Å². The average Bonchev–Trinajstić information content (AvgIpc) is 3.11. The zero-order valence-corrected chi connectivity index (χ0v) is 20.2. The largest absolute Gasteiger partial charge is 0.450 e. The fourth-order valence-corrected chi connectivity index (χ4v) is 6.18. The van der Waals surface area contributed by atoms with Gasteiger partial charge in [-0.15, -0.1) is 0 Å². The lowest BCUT2D eigenvalue weighted by atomic mass is 10.0. The van der Waals surface area contributed by atoms with Gasteiger partial charge in [0, 0.05) is 18.7 Å². The summed E-state index contributed by atoms with van der Waals surface area (Å²) >= 11 is 0. The number of benzene rings is 2. The number of rotatable bonds is 5. The lowest BCUT2D eigenvalue weighted by molar-refractivity contribution is 0.0648. The molecule has 6 nitrogen and oxygen atoms in total. The quantitative estimate of drug-likeness (QED) is 0.557. The molecule has 0 bridgehead atoms. The van der Waals surface area contributed by atoms with Gasteiger partial charge in [0.1, 0.15) is 5.58 Å². The van der Waals surface area contributed by atoms with Crippen molar-refractivity contribution in [3.05, 3.63) is 80.7 Å². The molecule has 0 N–H and O–H groups in total. The number of hydrogen-bond acceptors (Lipinski definition) is 5. The Balaban J connectivity index is 1.73. The molecule has 1 aromatic heterocycles. The van der Waals surface area contributed by atoms with Crippen LogP contribution in [0.15, 0.2) is 51.7 Å². The van der Waals surface area contributed by atoms with Crippen molar-refractivity contribution < 1.29 is 17.6 Å². The van der Waals surface area contributed by atoms with Gasteiger partial charge >= 0.3 is 0 Å². The van der Waals surface area contributed by atoms with Crippen molar-refractivity contribution in [2.24, 2.45) is 0 Å². The zero-order valence-electron chi connectivity index (χ0n) is 19.4. The SMILES string of the molecule is Cc1cc(C)c2oc(C(=O)N(Cc3ccc(C(C)C)cc3)[C@@H]3CCS(=O)(=O)C3)cc(=O)c2c1. The Kier molecular flexibility index (Phi) is 6.18. The summed E-state index contributed by atoms with van der Waals surface area (Å²) in [6.07, 6.45) is 0.369. The van der Waals surface area contributed by atoms with Crippen LogP contribution in [0, 0.1) is 13.8 Å². The summed E-state index contributed by atoms with van der Waals surface area (Å²) in [6, 6.07) is 12.4. The molecule has 4 rings (SSSR count). The van der Waals surface area contributed by atoms with Crippen LogP contribution >= 0.6 is 0 Å². The van der Waals surface area contributed by atoms with E-state index in [4.69, 9.17) is 4.42 Å². The van der Waals surface area contributed by atoms with E-state index >= 15 is 0 Å². The predicted molar refractivity (Wildman–Crippen MR) is 129 cm³/mol. The number of amides is 1. The summed E-state index contributed by atoms with van der Waals surface area (Å²) < 4.78 is 30.3. The third-order valence-corrected chi connectivity index (χ3v) is 8.03. The van der Waals surface area contributed by atoms with Gasteiger partial charge in [0.2, 0.25) is 0 Å². The molecule has 1 saturated heterocycles. The maximum absolute atomic E-state index is 13.6. The number of carbonyl (C=O) groups excluding carboxylic acids is 1.